The van der Waals surface area contributed by atoms with Gasteiger partial charge in [-0.3, -0.25) is 0 Å². The lowest BCUT2D eigenvalue weighted by Crippen LogP contribution is -2.15. The normalized spacial score (nSPS) is 14.1. The molecule has 0 unspecified atom stereocenters. The Morgan fingerprint density at radius 3 is 2.79 bits per heavy atom. The van der Waals surface area contributed by atoms with Gasteiger partial charge < -0.3 is 14.3 Å². The van der Waals surface area contributed by atoms with E-state index in [1.807, 2.05) is 0 Å². The SMILES string of the molecule is O=CCCc1sc(Br)c2c1OCCO2. The summed E-state index contributed by atoms with van der Waals surface area (Å²) in [4.78, 5) is 11.4. The van der Waals surface area contributed by atoms with Gasteiger partial charge in [-0.15, -0.1) is 11.3 Å². The first-order chi connectivity index (χ1) is 6.83. The van der Waals surface area contributed by atoms with Gasteiger partial charge in [0.15, 0.2) is 11.5 Å². The van der Waals surface area contributed by atoms with Crippen LogP contribution in [0.15, 0.2) is 3.79 Å². The Bertz CT molecular complexity index is 348. The number of aryl methyl sites for hydroxylation is 1. The number of thiophene rings is 1. The van der Waals surface area contributed by atoms with Crippen LogP contribution in [-0.4, -0.2) is 19.5 Å². The summed E-state index contributed by atoms with van der Waals surface area (Å²) in [6.07, 6.45) is 2.18. The van der Waals surface area contributed by atoms with Gasteiger partial charge in [0.1, 0.15) is 23.3 Å². The van der Waals surface area contributed by atoms with E-state index in [4.69, 9.17) is 9.47 Å². The molecule has 0 radical (unpaired) electrons. The third-order valence-corrected chi connectivity index (χ3v) is 3.76. The highest BCUT2D eigenvalue weighted by Gasteiger charge is 2.22. The van der Waals surface area contributed by atoms with E-state index in [1.54, 1.807) is 11.3 Å². The van der Waals surface area contributed by atoms with E-state index >= 15 is 0 Å². The van der Waals surface area contributed by atoms with Crippen molar-refractivity contribution in [2.24, 2.45) is 0 Å². The quantitative estimate of drug-likeness (QED) is 0.796. The van der Waals surface area contributed by atoms with E-state index in [2.05, 4.69) is 15.9 Å². The van der Waals surface area contributed by atoms with Crippen LogP contribution >= 0.6 is 27.3 Å². The van der Waals surface area contributed by atoms with Gasteiger partial charge >= 0.3 is 0 Å². The fourth-order valence-corrected chi connectivity index (χ4v) is 3.13. The Hall–Kier alpha value is -0.550. The van der Waals surface area contributed by atoms with Crippen molar-refractivity contribution in [3.05, 3.63) is 8.66 Å². The van der Waals surface area contributed by atoms with Crippen molar-refractivity contribution in [1.82, 2.24) is 0 Å². The Kier molecular flexibility index (Phi) is 3.08. The van der Waals surface area contributed by atoms with E-state index < -0.39 is 0 Å². The number of aldehydes is 1. The number of hydrogen-bond acceptors (Lipinski definition) is 4. The number of rotatable bonds is 3. The molecule has 14 heavy (non-hydrogen) atoms. The van der Waals surface area contributed by atoms with Gasteiger partial charge in [-0.2, -0.15) is 0 Å². The zero-order chi connectivity index (χ0) is 9.97. The van der Waals surface area contributed by atoms with Crippen molar-refractivity contribution in [3.8, 4) is 11.5 Å². The topological polar surface area (TPSA) is 35.5 Å². The molecule has 2 heterocycles. The molecule has 0 spiro atoms. The molecule has 1 aromatic rings. The van der Waals surface area contributed by atoms with Crippen molar-refractivity contribution in [2.75, 3.05) is 13.2 Å². The minimum absolute atomic E-state index is 0.531. The molecule has 0 fully saturated rings. The van der Waals surface area contributed by atoms with E-state index in [-0.39, 0.29) is 0 Å². The third-order valence-electron chi connectivity index (χ3n) is 1.92. The molecule has 0 aliphatic carbocycles. The number of halogens is 1. The van der Waals surface area contributed by atoms with Crippen LogP contribution in [0.3, 0.4) is 0 Å². The van der Waals surface area contributed by atoms with Crippen molar-refractivity contribution in [2.45, 2.75) is 12.8 Å². The maximum atomic E-state index is 10.3. The van der Waals surface area contributed by atoms with Crippen LogP contribution in [-0.2, 0) is 11.2 Å². The molecule has 0 aromatic carbocycles. The zero-order valence-electron chi connectivity index (χ0n) is 7.42. The molecular weight excluding hydrogens is 268 g/mol. The Labute approximate surface area is 94.1 Å². The summed E-state index contributed by atoms with van der Waals surface area (Å²) in [5.74, 6) is 1.61. The monoisotopic (exact) mass is 276 g/mol. The van der Waals surface area contributed by atoms with Crippen LogP contribution in [0.2, 0.25) is 0 Å². The number of hydrogen-bond donors (Lipinski definition) is 0. The van der Waals surface area contributed by atoms with E-state index in [1.165, 1.54) is 0 Å². The van der Waals surface area contributed by atoms with Crippen LogP contribution < -0.4 is 9.47 Å². The fourth-order valence-electron chi connectivity index (χ4n) is 1.33. The van der Waals surface area contributed by atoms with Crippen LogP contribution in [0.1, 0.15) is 11.3 Å². The molecule has 0 amide bonds. The first-order valence-electron chi connectivity index (χ1n) is 4.33. The Morgan fingerprint density at radius 1 is 1.36 bits per heavy atom. The molecule has 1 aliphatic rings. The molecule has 0 saturated heterocycles. The largest absolute Gasteiger partial charge is 0.485 e. The van der Waals surface area contributed by atoms with Crippen molar-refractivity contribution in [1.29, 1.82) is 0 Å². The zero-order valence-corrected chi connectivity index (χ0v) is 9.82. The second-order valence-electron chi connectivity index (χ2n) is 2.86. The molecule has 0 bridgehead atoms. The van der Waals surface area contributed by atoms with Gasteiger partial charge in [-0.1, -0.05) is 0 Å². The summed E-state index contributed by atoms with van der Waals surface area (Å²) in [6.45, 7) is 1.18. The minimum atomic E-state index is 0.531. The highest BCUT2D eigenvalue weighted by atomic mass is 79.9. The summed E-state index contributed by atoms with van der Waals surface area (Å²) in [5, 5.41) is 0. The highest BCUT2D eigenvalue weighted by Crippen LogP contribution is 2.47. The molecule has 3 nitrogen and oxygen atoms in total. The van der Waals surface area contributed by atoms with Crippen LogP contribution in [0, 0.1) is 0 Å². The van der Waals surface area contributed by atoms with Gasteiger partial charge in [0.2, 0.25) is 0 Å². The van der Waals surface area contributed by atoms with Gasteiger partial charge in [-0.25, -0.2) is 0 Å². The number of fused-ring (bicyclic) bond motifs is 1. The number of ether oxygens (including phenoxy) is 2. The van der Waals surface area contributed by atoms with E-state index in [0.29, 0.717) is 19.6 Å². The number of carbonyl (C=O) groups is 1. The third kappa shape index (κ3) is 1.79. The Morgan fingerprint density at radius 2 is 2.07 bits per heavy atom. The summed E-state index contributed by atoms with van der Waals surface area (Å²) in [6, 6.07) is 0. The first kappa shape index (κ1) is 9.98. The second kappa shape index (κ2) is 4.31. The molecule has 0 N–H and O–H groups in total. The molecular formula is C9H9BrO3S. The van der Waals surface area contributed by atoms with Crippen LogP contribution in [0.25, 0.3) is 0 Å². The second-order valence-corrected chi connectivity index (χ2v) is 5.28. The van der Waals surface area contributed by atoms with Crippen molar-refractivity contribution in [3.63, 3.8) is 0 Å². The summed E-state index contributed by atoms with van der Waals surface area (Å²) < 4.78 is 11.9. The lowest BCUT2D eigenvalue weighted by molar-refractivity contribution is -0.107. The maximum Gasteiger partial charge on any atom is 0.186 e. The van der Waals surface area contributed by atoms with Gasteiger partial charge in [0.25, 0.3) is 0 Å². The molecule has 2 rings (SSSR count). The average Bonchev–Trinajstić information content (AvgIpc) is 2.54. The van der Waals surface area contributed by atoms with Gasteiger partial charge in [0, 0.05) is 6.42 Å². The summed E-state index contributed by atoms with van der Waals surface area (Å²) in [5.41, 5.74) is 0. The van der Waals surface area contributed by atoms with Crippen LogP contribution in [0.5, 0.6) is 11.5 Å². The van der Waals surface area contributed by atoms with Crippen molar-refractivity contribution < 1.29 is 14.3 Å². The van der Waals surface area contributed by atoms with Crippen LogP contribution in [0.4, 0.5) is 0 Å². The average molecular weight is 277 g/mol. The Balaban J connectivity index is 2.27. The summed E-state index contributed by atoms with van der Waals surface area (Å²) in [7, 11) is 0. The predicted octanol–water partition coefficient (Wildman–Crippen LogP) is 2.41. The molecule has 76 valence electrons. The highest BCUT2D eigenvalue weighted by molar-refractivity contribution is 9.11. The number of carbonyl (C=O) groups excluding carboxylic acids is 1. The molecule has 5 heteroatoms. The van der Waals surface area contributed by atoms with Gasteiger partial charge in [-0.05, 0) is 22.4 Å². The fraction of sp³-hybridized carbons (Fsp3) is 0.444. The first-order valence-corrected chi connectivity index (χ1v) is 5.94. The predicted molar refractivity (Wildman–Crippen MR) is 57.4 cm³/mol. The van der Waals surface area contributed by atoms with E-state index in [0.717, 1.165) is 32.9 Å². The summed E-state index contributed by atoms with van der Waals surface area (Å²) >= 11 is 5.00. The lowest BCUT2D eigenvalue weighted by Gasteiger charge is -2.16. The molecule has 0 saturated carbocycles. The maximum absolute atomic E-state index is 10.3. The van der Waals surface area contributed by atoms with Crippen molar-refractivity contribution >= 4 is 33.6 Å². The smallest absolute Gasteiger partial charge is 0.186 e. The molecule has 1 aromatic heterocycles. The molecule has 0 atom stereocenters. The van der Waals surface area contributed by atoms with E-state index in [9.17, 15) is 4.79 Å². The van der Waals surface area contributed by atoms with Gasteiger partial charge in [0.05, 0.1) is 4.88 Å². The lowest BCUT2D eigenvalue weighted by atomic mass is 10.2. The molecule has 1 aliphatic heterocycles. The minimum Gasteiger partial charge on any atom is -0.485 e. The standard InChI is InChI=1S/C9H9BrO3S/c10-9-8-7(12-4-5-13-8)6(14-9)2-1-3-11/h3H,1-2,4-5H2.